The van der Waals surface area contributed by atoms with Crippen LogP contribution in [0.5, 0.6) is 0 Å². The van der Waals surface area contributed by atoms with Crippen molar-refractivity contribution < 1.29 is 0 Å². The highest BCUT2D eigenvalue weighted by Gasteiger charge is 2.42. The van der Waals surface area contributed by atoms with Crippen molar-refractivity contribution in [3.8, 4) is 6.07 Å². The van der Waals surface area contributed by atoms with Crippen molar-refractivity contribution in [3.05, 3.63) is 24.0 Å². The van der Waals surface area contributed by atoms with Crippen LogP contribution in [0.1, 0.15) is 24.8 Å². The molecule has 20 heavy (non-hydrogen) atoms. The molecule has 4 rings (SSSR count). The Morgan fingerprint density at radius 2 is 1.90 bits per heavy atom. The molecule has 4 heteroatoms. The van der Waals surface area contributed by atoms with Gasteiger partial charge < -0.3 is 4.90 Å². The van der Waals surface area contributed by atoms with Crippen LogP contribution in [0.15, 0.2) is 18.5 Å². The fraction of sp³-hybridized carbons (Fsp3) is 0.625. The zero-order valence-electron chi connectivity index (χ0n) is 11.7. The van der Waals surface area contributed by atoms with Gasteiger partial charge >= 0.3 is 0 Å². The lowest BCUT2D eigenvalue weighted by atomic mass is 10.0. The molecule has 2 atom stereocenters. The molecule has 0 spiro atoms. The highest BCUT2D eigenvalue weighted by Crippen LogP contribution is 2.40. The Kier molecular flexibility index (Phi) is 2.89. The van der Waals surface area contributed by atoms with Crippen LogP contribution in [-0.4, -0.2) is 42.1 Å². The van der Waals surface area contributed by atoms with Crippen LogP contribution in [0.25, 0.3) is 0 Å². The SMILES string of the molecule is N#Cc1ccncc1N1CC(N2CC3CCCC3C2)C1. The Hall–Kier alpha value is -1.60. The van der Waals surface area contributed by atoms with Crippen LogP contribution in [0.3, 0.4) is 0 Å². The molecule has 4 nitrogen and oxygen atoms in total. The van der Waals surface area contributed by atoms with Crippen LogP contribution >= 0.6 is 0 Å². The first-order valence-electron chi connectivity index (χ1n) is 7.68. The quantitative estimate of drug-likeness (QED) is 0.821. The number of hydrogen-bond donors (Lipinski definition) is 0. The number of nitriles is 1. The molecule has 0 bridgehead atoms. The second kappa shape index (κ2) is 4.75. The van der Waals surface area contributed by atoms with E-state index in [2.05, 4.69) is 20.9 Å². The molecule has 0 aromatic carbocycles. The third kappa shape index (κ3) is 1.89. The monoisotopic (exact) mass is 268 g/mol. The van der Waals surface area contributed by atoms with Gasteiger partial charge in [0.25, 0.3) is 0 Å². The summed E-state index contributed by atoms with van der Waals surface area (Å²) in [7, 11) is 0. The average Bonchev–Trinajstić information content (AvgIpc) is 2.99. The lowest BCUT2D eigenvalue weighted by Gasteiger charge is -2.45. The summed E-state index contributed by atoms with van der Waals surface area (Å²) in [5.74, 6) is 1.94. The molecule has 0 radical (unpaired) electrons. The summed E-state index contributed by atoms with van der Waals surface area (Å²) >= 11 is 0. The lowest BCUT2D eigenvalue weighted by Crippen LogP contribution is -2.59. The van der Waals surface area contributed by atoms with Crippen LogP contribution in [0.2, 0.25) is 0 Å². The minimum absolute atomic E-state index is 0.687. The van der Waals surface area contributed by atoms with E-state index < -0.39 is 0 Å². The second-order valence-electron chi connectivity index (χ2n) is 6.47. The molecule has 1 aromatic heterocycles. The van der Waals surface area contributed by atoms with Crippen molar-refractivity contribution in [2.75, 3.05) is 31.1 Å². The molecule has 1 aliphatic carbocycles. The molecule has 3 heterocycles. The van der Waals surface area contributed by atoms with Gasteiger partial charge in [0.15, 0.2) is 0 Å². The van der Waals surface area contributed by atoms with Gasteiger partial charge in [-0.15, -0.1) is 0 Å². The number of hydrogen-bond acceptors (Lipinski definition) is 4. The Balaban J connectivity index is 1.39. The van der Waals surface area contributed by atoms with E-state index in [0.29, 0.717) is 6.04 Å². The molecule has 2 unspecified atom stereocenters. The molecular formula is C16H20N4. The predicted octanol–water partition coefficient (Wildman–Crippen LogP) is 1.87. The zero-order valence-corrected chi connectivity index (χ0v) is 11.7. The number of aromatic nitrogens is 1. The number of pyridine rings is 1. The maximum Gasteiger partial charge on any atom is 0.101 e. The predicted molar refractivity (Wildman–Crippen MR) is 77.4 cm³/mol. The van der Waals surface area contributed by atoms with Gasteiger partial charge in [0.2, 0.25) is 0 Å². The summed E-state index contributed by atoms with van der Waals surface area (Å²) in [5.41, 5.74) is 1.75. The number of rotatable bonds is 2. The van der Waals surface area contributed by atoms with E-state index in [4.69, 9.17) is 5.26 Å². The third-order valence-corrected chi connectivity index (χ3v) is 5.39. The molecular weight excluding hydrogens is 248 g/mol. The van der Waals surface area contributed by atoms with E-state index in [0.717, 1.165) is 36.2 Å². The number of likely N-dealkylation sites (tertiary alicyclic amines) is 1. The van der Waals surface area contributed by atoms with E-state index in [1.165, 1.54) is 32.4 Å². The van der Waals surface area contributed by atoms with Crippen molar-refractivity contribution in [3.63, 3.8) is 0 Å². The van der Waals surface area contributed by atoms with Crippen molar-refractivity contribution >= 4 is 5.69 Å². The maximum atomic E-state index is 9.16. The Morgan fingerprint density at radius 3 is 2.60 bits per heavy atom. The molecule has 104 valence electrons. The average molecular weight is 268 g/mol. The van der Waals surface area contributed by atoms with Gasteiger partial charge in [-0.1, -0.05) is 6.42 Å². The zero-order chi connectivity index (χ0) is 13.5. The molecule has 2 aliphatic heterocycles. The molecule has 3 aliphatic rings. The summed E-state index contributed by atoms with van der Waals surface area (Å²) in [6.45, 7) is 4.72. The van der Waals surface area contributed by atoms with Crippen LogP contribution in [0.4, 0.5) is 5.69 Å². The van der Waals surface area contributed by atoms with Gasteiger partial charge in [-0.2, -0.15) is 5.26 Å². The van der Waals surface area contributed by atoms with Gasteiger partial charge in [0.1, 0.15) is 6.07 Å². The smallest absolute Gasteiger partial charge is 0.101 e. The van der Waals surface area contributed by atoms with E-state index in [-0.39, 0.29) is 0 Å². The van der Waals surface area contributed by atoms with Crippen molar-refractivity contribution in [2.45, 2.75) is 25.3 Å². The second-order valence-corrected chi connectivity index (χ2v) is 6.47. The summed E-state index contributed by atoms with van der Waals surface area (Å²) in [4.78, 5) is 9.14. The molecule has 1 aromatic rings. The first-order chi connectivity index (χ1) is 9.85. The molecule has 2 saturated heterocycles. The minimum atomic E-state index is 0.687. The largest absolute Gasteiger partial charge is 0.366 e. The van der Waals surface area contributed by atoms with Crippen LogP contribution in [0, 0.1) is 23.2 Å². The van der Waals surface area contributed by atoms with E-state index in [1.807, 2.05) is 12.3 Å². The number of fused-ring (bicyclic) bond motifs is 1. The van der Waals surface area contributed by atoms with Gasteiger partial charge in [-0.3, -0.25) is 9.88 Å². The van der Waals surface area contributed by atoms with Gasteiger partial charge in [0, 0.05) is 38.4 Å². The summed E-state index contributed by atoms with van der Waals surface area (Å²) in [5, 5.41) is 9.16. The number of nitrogens with zero attached hydrogens (tertiary/aromatic N) is 4. The molecule has 3 fully saturated rings. The van der Waals surface area contributed by atoms with Crippen LogP contribution in [-0.2, 0) is 0 Å². The van der Waals surface area contributed by atoms with E-state index in [1.54, 1.807) is 6.20 Å². The van der Waals surface area contributed by atoms with Gasteiger partial charge in [-0.05, 0) is 30.7 Å². The van der Waals surface area contributed by atoms with Crippen LogP contribution < -0.4 is 4.90 Å². The number of anilines is 1. The van der Waals surface area contributed by atoms with Gasteiger partial charge in [-0.25, -0.2) is 0 Å². The highest BCUT2D eigenvalue weighted by atomic mass is 15.3. The first-order valence-corrected chi connectivity index (χ1v) is 7.68. The molecule has 0 amide bonds. The fourth-order valence-electron chi connectivity index (χ4n) is 4.19. The summed E-state index contributed by atoms with van der Waals surface area (Å²) in [6, 6.07) is 4.76. The highest BCUT2D eigenvalue weighted by molar-refractivity contribution is 5.59. The Morgan fingerprint density at radius 1 is 1.15 bits per heavy atom. The van der Waals surface area contributed by atoms with E-state index in [9.17, 15) is 0 Å². The van der Waals surface area contributed by atoms with Crippen molar-refractivity contribution in [2.24, 2.45) is 11.8 Å². The Bertz CT molecular complexity index is 532. The fourth-order valence-corrected chi connectivity index (χ4v) is 4.19. The third-order valence-electron chi connectivity index (χ3n) is 5.39. The standard InChI is InChI=1S/C16H20N4/c17-6-12-4-5-18-7-16(12)20-10-15(11-20)19-8-13-2-1-3-14(13)9-19/h4-5,7,13-15H,1-3,8-11H2. The topological polar surface area (TPSA) is 43.2 Å². The maximum absolute atomic E-state index is 9.16. The van der Waals surface area contributed by atoms with Gasteiger partial charge in [0.05, 0.1) is 17.4 Å². The van der Waals surface area contributed by atoms with Crippen molar-refractivity contribution in [1.29, 1.82) is 5.26 Å². The summed E-state index contributed by atoms with van der Waals surface area (Å²) in [6.07, 6.45) is 7.85. The minimum Gasteiger partial charge on any atom is -0.366 e. The lowest BCUT2D eigenvalue weighted by molar-refractivity contribution is 0.190. The van der Waals surface area contributed by atoms with E-state index >= 15 is 0 Å². The molecule has 0 N–H and O–H groups in total. The normalized spacial score (nSPS) is 30.1. The first kappa shape index (κ1) is 12.2. The van der Waals surface area contributed by atoms with Crippen molar-refractivity contribution in [1.82, 2.24) is 9.88 Å². The molecule has 1 saturated carbocycles. The Labute approximate surface area is 120 Å². The summed E-state index contributed by atoms with van der Waals surface area (Å²) < 4.78 is 0.